The average Bonchev–Trinajstić information content (AvgIpc) is 2.58. The Bertz CT molecular complexity index is 579. The number of hydrogen-bond acceptors (Lipinski definition) is 3. The SMILES string of the molecule is COc1ccccc1CC(=O)NNC(=S)N[C@H]1CCC[C@H](C)[C@H]1C. The number of rotatable bonds is 4. The number of hydrazine groups is 1. The zero-order valence-electron chi connectivity index (χ0n) is 14.6. The van der Waals surface area contributed by atoms with Gasteiger partial charge < -0.3 is 10.1 Å². The summed E-state index contributed by atoms with van der Waals surface area (Å²) in [5.74, 6) is 1.81. The standard InChI is InChI=1S/C18H27N3O2S/c1-12-7-6-9-15(13(12)2)19-18(24)21-20-17(22)11-14-8-4-5-10-16(14)23-3/h4-5,8,10,12-13,15H,6-7,9,11H2,1-3H3,(H,20,22)(H2,19,21,24)/t12-,13+,15-/m0/s1. The Kier molecular flexibility index (Phi) is 6.85. The molecule has 0 spiro atoms. The van der Waals surface area contributed by atoms with Crippen molar-refractivity contribution in [1.82, 2.24) is 16.2 Å². The number of para-hydroxylation sites is 1. The zero-order valence-corrected chi connectivity index (χ0v) is 15.4. The smallest absolute Gasteiger partial charge is 0.242 e. The predicted molar refractivity (Wildman–Crippen MR) is 99.7 cm³/mol. The first-order valence-electron chi connectivity index (χ1n) is 8.48. The second-order valence-electron chi connectivity index (χ2n) is 6.51. The van der Waals surface area contributed by atoms with Crippen molar-refractivity contribution in [2.45, 2.75) is 45.6 Å². The topological polar surface area (TPSA) is 62.4 Å². The molecule has 1 amide bonds. The molecule has 1 aromatic rings. The van der Waals surface area contributed by atoms with E-state index >= 15 is 0 Å². The van der Waals surface area contributed by atoms with Gasteiger partial charge in [0.2, 0.25) is 5.91 Å². The lowest BCUT2D eigenvalue weighted by Gasteiger charge is -2.35. The maximum atomic E-state index is 12.1. The van der Waals surface area contributed by atoms with Crippen LogP contribution in [-0.2, 0) is 11.2 Å². The van der Waals surface area contributed by atoms with Gasteiger partial charge in [-0.25, -0.2) is 0 Å². The van der Waals surface area contributed by atoms with E-state index in [0.717, 1.165) is 12.0 Å². The van der Waals surface area contributed by atoms with Gasteiger partial charge in [-0.15, -0.1) is 0 Å². The van der Waals surface area contributed by atoms with Crippen LogP contribution in [-0.4, -0.2) is 24.2 Å². The molecular weight excluding hydrogens is 322 g/mol. The van der Waals surface area contributed by atoms with Crippen LogP contribution in [0, 0.1) is 11.8 Å². The summed E-state index contributed by atoms with van der Waals surface area (Å²) in [6.45, 7) is 4.54. The van der Waals surface area contributed by atoms with Gasteiger partial charge in [-0.1, -0.05) is 44.9 Å². The molecule has 132 valence electrons. The van der Waals surface area contributed by atoms with Crippen molar-refractivity contribution in [1.29, 1.82) is 0 Å². The van der Waals surface area contributed by atoms with Gasteiger partial charge in [-0.05, 0) is 36.5 Å². The van der Waals surface area contributed by atoms with Crippen LogP contribution in [0.3, 0.4) is 0 Å². The van der Waals surface area contributed by atoms with Crippen LogP contribution in [0.4, 0.5) is 0 Å². The van der Waals surface area contributed by atoms with Crippen molar-refractivity contribution in [3.8, 4) is 5.75 Å². The predicted octanol–water partition coefficient (Wildman–Crippen LogP) is 2.56. The van der Waals surface area contributed by atoms with E-state index in [-0.39, 0.29) is 12.3 Å². The highest BCUT2D eigenvalue weighted by Gasteiger charge is 2.27. The van der Waals surface area contributed by atoms with E-state index in [1.54, 1.807) is 7.11 Å². The fraction of sp³-hybridized carbons (Fsp3) is 0.556. The minimum atomic E-state index is -0.159. The Morgan fingerprint density at radius 1 is 1.25 bits per heavy atom. The molecule has 0 saturated heterocycles. The fourth-order valence-electron chi connectivity index (χ4n) is 3.18. The van der Waals surface area contributed by atoms with Gasteiger partial charge in [0, 0.05) is 11.6 Å². The number of carbonyl (C=O) groups excluding carboxylic acids is 1. The number of nitrogens with one attached hydrogen (secondary N) is 3. The molecule has 1 aromatic carbocycles. The van der Waals surface area contributed by atoms with Gasteiger partial charge in [-0.3, -0.25) is 15.6 Å². The number of carbonyl (C=O) groups is 1. The first-order chi connectivity index (χ1) is 11.5. The normalized spacial score (nSPS) is 23.2. The lowest BCUT2D eigenvalue weighted by atomic mass is 9.78. The van der Waals surface area contributed by atoms with Crippen molar-refractivity contribution in [2.75, 3.05) is 7.11 Å². The van der Waals surface area contributed by atoms with Crippen LogP contribution >= 0.6 is 12.2 Å². The largest absolute Gasteiger partial charge is 0.496 e. The van der Waals surface area contributed by atoms with E-state index in [1.165, 1.54) is 12.8 Å². The van der Waals surface area contributed by atoms with E-state index < -0.39 is 0 Å². The van der Waals surface area contributed by atoms with Crippen molar-refractivity contribution in [2.24, 2.45) is 11.8 Å². The molecule has 0 heterocycles. The molecule has 3 atom stereocenters. The summed E-state index contributed by atoms with van der Waals surface area (Å²) in [4.78, 5) is 12.1. The summed E-state index contributed by atoms with van der Waals surface area (Å²) >= 11 is 5.30. The second-order valence-corrected chi connectivity index (χ2v) is 6.92. The molecule has 1 aliphatic rings. The summed E-state index contributed by atoms with van der Waals surface area (Å²) in [5, 5.41) is 3.79. The van der Waals surface area contributed by atoms with Crippen LogP contribution in [0.15, 0.2) is 24.3 Å². The Labute approximate surface area is 149 Å². The molecule has 1 fully saturated rings. The molecule has 0 aromatic heterocycles. The number of benzene rings is 1. The highest BCUT2D eigenvalue weighted by atomic mass is 32.1. The molecule has 6 heteroatoms. The van der Waals surface area contributed by atoms with Crippen LogP contribution < -0.4 is 20.9 Å². The van der Waals surface area contributed by atoms with Gasteiger partial charge in [0.05, 0.1) is 13.5 Å². The van der Waals surface area contributed by atoms with Gasteiger partial charge in [0.25, 0.3) is 0 Å². The highest BCUT2D eigenvalue weighted by molar-refractivity contribution is 7.80. The molecule has 0 aliphatic heterocycles. The van der Waals surface area contributed by atoms with Gasteiger partial charge >= 0.3 is 0 Å². The van der Waals surface area contributed by atoms with Gasteiger partial charge in [-0.2, -0.15) is 0 Å². The highest BCUT2D eigenvalue weighted by Crippen LogP contribution is 2.29. The number of amides is 1. The quantitative estimate of drug-likeness (QED) is 0.576. The van der Waals surface area contributed by atoms with E-state index in [2.05, 4.69) is 30.0 Å². The Hall–Kier alpha value is -1.82. The first kappa shape index (κ1) is 18.5. The lowest BCUT2D eigenvalue weighted by molar-refractivity contribution is -0.121. The molecule has 5 nitrogen and oxygen atoms in total. The Balaban J connectivity index is 1.78. The van der Waals surface area contributed by atoms with E-state index in [4.69, 9.17) is 17.0 Å². The second kappa shape index (κ2) is 8.87. The van der Waals surface area contributed by atoms with E-state index in [0.29, 0.717) is 28.7 Å². The monoisotopic (exact) mass is 349 g/mol. The Morgan fingerprint density at radius 3 is 2.75 bits per heavy atom. The summed E-state index contributed by atoms with van der Waals surface area (Å²) < 4.78 is 5.26. The maximum Gasteiger partial charge on any atom is 0.242 e. The third-order valence-corrected chi connectivity index (χ3v) is 5.10. The fourth-order valence-corrected chi connectivity index (χ4v) is 3.39. The Morgan fingerprint density at radius 2 is 2.00 bits per heavy atom. The number of methoxy groups -OCH3 is 1. The minimum Gasteiger partial charge on any atom is -0.496 e. The summed E-state index contributed by atoms with van der Waals surface area (Å²) in [5.41, 5.74) is 6.29. The minimum absolute atomic E-state index is 0.159. The summed E-state index contributed by atoms with van der Waals surface area (Å²) in [6.07, 6.45) is 3.83. The van der Waals surface area contributed by atoms with Crippen LogP contribution in [0.2, 0.25) is 0 Å². The zero-order chi connectivity index (χ0) is 17.5. The maximum absolute atomic E-state index is 12.1. The summed E-state index contributed by atoms with van der Waals surface area (Å²) in [7, 11) is 1.60. The first-order valence-corrected chi connectivity index (χ1v) is 8.89. The van der Waals surface area contributed by atoms with E-state index in [1.807, 2.05) is 24.3 Å². The summed E-state index contributed by atoms with van der Waals surface area (Å²) in [6, 6.07) is 7.84. The van der Waals surface area contributed by atoms with E-state index in [9.17, 15) is 4.79 Å². The van der Waals surface area contributed by atoms with Crippen molar-refractivity contribution in [3.05, 3.63) is 29.8 Å². The van der Waals surface area contributed by atoms with Crippen molar-refractivity contribution < 1.29 is 9.53 Å². The van der Waals surface area contributed by atoms with Crippen molar-refractivity contribution in [3.63, 3.8) is 0 Å². The third-order valence-electron chi connectivity index (χ3n) is 4.88. The molecule has 2 rings (SSSR count). The molecule has 0 unspecified atom stereocenters. The molecule has 1 aliphatic carbocycles. The van der Waals surface area contributed by atoms with Crippen LogP contribution in [0.1, 0.15) is 38.7 Å². The van der Waals surface area contributed by atoms with Crippen LogP contribution in [0.25, 0.3) is 0 Å². The molecule has 0 bridgehead atoms. The average molecular weight is 350 g/mol. The molecule has 24 heavy (non-hydrogen) atoms. The molecule has 1 saturated carbocycles. The van der Waals surface area contributed by atoms with Crippen LogP contribution in [0.5, 0.6) is 5.75 Å². The number of thiocarbonyl (C=S) groups is 1. The van der Waals surface area contributed by atoms with Crippen molar-refractivity contribution >= 4 is 23.2 Å². The molecule has 0 radical (unpaired) electrons. The molecule has 3 N–H and O–H groups in total. The van der Waals surface area contributed by atoms with Gasteiger partial charge in [0.15, 0.2) is 5.11 Å². The third kappa shape index (κ3) is 5.09. The molecular formula is C18H27N3O2S. The number of ether oxygens (including phenoxy) is 1. The lowest BCUT2D eigenvalue weighted by Crippen LogP contribution is -2.52. The van der Waals surface area contributed by atoms with Gasteiger partial charge in [0.1, 0.15) is 5.75 Å². The number of hydrogen-bond donors (Lipinski definition) is 3.